The number of benzene rings is 3. The van der Waals surface area contributed by atoms with Gasteiger partial charge in [-0.25, -0.2) is 4.79 Å². The molecule has 42 heavy (non-hydrogen) atoms. The summed E-state index contributed by atoms with van der Waals surface area (Å²) in [5.74, 6) is 1.23. The highest BCUT2D eigenvalue weighted by Crippen LogP contribution is 2.20. The van der Waals surface area contributed by atoms with Crippen molar-refractivity contribution in [3.8, 4) is 17.2 Å². The molecular formula is C35H45NO6. The van der Waals surface area contributed by atoms with Crippen LogP contribution in [0.2, 0.25) is 0 Å². The van der Waals surface area contributed by atoms with Gasteiger partial charge in [-0.05, 0) is 79.1 Å². The van der Waals surface area contributed by atoms with Crippen LogP contribution in [0.1, 0.15) is 92.0 Å². The van der Waals surface area contributed by atoms with Gasteiger partial charge in [0.2, 0.25) is 0 Å². The van der Waals surface area contributed by atoms with Crippen molar-refractivity contribution in [3.05, 3.63) is 89.5 Å². The molecule has 7 heteroatoms. The van der Waals surface area contributed by atoms with Crippen molar-refractivity contribution >= 4 is 18.2 Å². The Hall–Kier alpha value is -4.13. The molecule has 1 amide bonds. The average Bonchev–Trinajstić information content (AvgIpc) is 3.04. The second-order valence-corrected chi connectivity index (χ2v) is 9.58. The molecule has 0 aliphatic carbocycles. The molecule has 0 N–H and O–H groups in total. The van der Waals surface area contributed by atoms with E-state index in [1.165, 1.54) is 19.3 Å². The predicted molar refractivity (Wildman–Crippen MR) is 166 cm³/mol. The Labute approximate surface area is 250 Å². The zero-order chi connectivity index (χ0) is 30.6. The monoisotopic (exact) mass is 575 g/mol. The molecule has 0 aliphatic heterocycles. The lowest BCUT2D eigenvalue weighted by Crippen LogP contribution is -2.31. The van der Waals surface area contributed by atoms with E-state index in [2.05, 4.69) is 6.92 Å². The smallest absolute Gasteiger partial charge is 0.343 e. The van der Waals surface area contributed by atoms with E-state index in [0.717, 1.165) is 30.4 Å². The first-order valence-corrected chi connectivity index (χ1v) is 14.9. The molecule has 0 heterocycles. The minimum atomic E-state index is -0.455. The van der Waals surface area contributed by atoms with Crippen LogP contribution in [0.5, 0.6) is 17.2 Å². The van der Waals surface area contributed by atoms with Crippen molar-refractivity contribution in [1.82, 2.24) is 4.90 Å². The van der Waals surface area contributed by atoms with Gasteiger partial charge in [0.05, 0.1) is 19.3 Å². The first-order chi connectivity index (χ1) is 20.5. The van der Waals surface area contributed by atoms with Gasteiger partial charge in [0.25, 0.3) is 5.91 Å². The number of aldehydes is 1. The molecule has 0 unspecified atom stereocenters. The van der Waals surface area contributed by atoms with Crippen molar-refractivity contribution in [2.45, 2.75) is 72.3 Å². The highest BCUT2D eigenvalue weighted by molar-refractivity contribution is 5.94. The van der Waals surface area contributed by atoms with Gasteiger partial charge in [-0.1, -0.05) is 58.6 Å². The third kappa shape index (κ3) is 11.8. The van der Waals surface area contributed by atoms with Gasteiger partial charge in [0, 0.05) is 25.1 Å². The number of hydrogen-bond acceptors (Lipinski definition) is 6. The molecule has 0 aliphatic rings. The summed E-state index contributed by atoms with van der Waals surface area (Å²) in [5.41, 5.74) is 1.86. The molecule has 0 saturated heterocycles. The van der Waals surface area contributed by atoms with Gasteiger partial charge in [-0.3, -0.25) is 4.79 Å². The minimum absolute atomic E-state index is 0.132. The van der Waals surface area contributed by atoms with E-state index < -0.39 is 5.97 Å². The Morgan fingerprint density at radius 1 is 0.738 bits per heavy atom. The highest BCUT2D eigenvalue weighted by atomic mass is 16.5. The minimum Gasteiger partial charge on any atom is -0.497 e. The van der Waals surface area contributed by atoms with Gasteiger partial charge >= 0.3 is 5.97 Å². The third-order valence-electron chi connectivity index (χ3n) is 6.49. The summed E-state index contributed by atoms with van der Waals surface area (Å²) in [7, 11) is 1.58. The number of carbonyl (C=O) groups excluding carboxylic acids is 3. The van der Waals surface area contributed by atoms with E-state index in [-0.39, 0.29) is 5.91 Å². The molecule has 0 spiro atoms. The van der Waals surface area contributed by atoms with Crippen LogP contribution in [-0.4, -0.2) is 43.3 Å². The van der Waals surface area contributed by atoms with E-state index in [1.807, 2.05) is 26.0 Å². The Kier molecular flexibility index (Phi) is 16.1. The number of methoxy groups -OCH3 is 1. The van der Waals surface area contributed by atoms with Crippen LogP contribution in [0.25, 0.3) is 0 Å². The molecule has 0 bridgehead atoms. The van der Waals surface area contributed by atoms with Gasteiger partial charge in [0.15, 0.2) is 0 Å². The summed E-state index contributed by atoms with van der Waals surface area (Å²) >= 11 is 0. The maximum absolute atomic E-state index is 13.2. The van der Waals surface area contributed by atoms with Crippen molar-refractivity contribution in [3.63, 3.8) is 0 Å². The SMILES string of the molecule is CC.CCCCCCCOc1ccc(C(=O)Oc2ccc(CN(CCCC=O)C(=O)c3ccc(OC)cc3)cc2)cc1. The molecule has 0 aromatic heterocycles. The van der Waals surface area contributed by atoms with E-state index in [4.69, 9.17) is 14.2 Å². The topological polar surface area (TPSA) is 82.1 Å². The lowest BCUT2D eigenvalue weighted by Gasteiger charge is -2.23. The number of amides is 1. The number of hydrogen-bond donors (Lipinski definition) is 0. The van der Waals surface area contributed by atoms with Gasteiger partial charge in [-0.2, -0.15) is 0 Å². The lowest BCUT2D eigenvalue weighted by molar-refractivity contribution is -0.108. The third-order valence-corrected chi connectivity index (χ3v) is 6.49. The molecule has 0 saturated carbocycles. The first kappa shape index (κ1) is 34.1. The van der Waals surface area contributed by atoms with Crippen LogP contribution in [0, 0.1) is 0 Å². The largest absolute Gasteiger partial charge is 0.497 e. The molecular weight excluding hydrogens is 530 g/mol. The number of carbonyl (C=O) groups is 3. The molecule has 0 fully saturated rings. The highest BCUT2D eigenvalue weighted by Gasteiger charge is 2.17. The van der Waals surface area contributed by atoms with E-state index in [9.17, 15) is 14.4 Å². The van der Waals surface area contributed by atoms with Gasteiger partial charge < -0.3 is 23.9 Å². The van der Waals surface area contributed by atoms with E-state index in [0.29, 0.717) is 55.2 Å². The van der Waals surface area contributed by atoms with Crippen LogP contribution in [0.4, 0.5) is 0 Å². The van der Waals surface area contributed by atoms with Crippen LogP contribution in [0.3, 0.4) is 0 Å². The molecule has 0 atom stereocenters. The maximum Gasteiger partial charge on any atom is 0.343 e. The fourth-order valence-electron chi connectivity index (χ4n) is 4.17. The van der Waals surface area contributed by atoms with Crippen LogP contribution in [0.15, 0.2) is 72.8 Å². The average molecular weight is 576 g/mol. The normalized spacial score (nSPS) is 10.2. The summed E-state index contributed by atoms with van der Waals surface area (Å²) in [4.78, 5) is 38.3. The van der Waals surface area contributed by atoms with Crippen LogP contribution in [-0.2, 0) is 11.3 Å². The quantitative estimate of drug-likeness (QED) is 0.0704. The molecule has 3 aromatic carbocycles. The Morgan fingerprint density at radius 2 is 1.33 bits per heavy atom. The zero-order valence-electron chi connectivity index (χ0n) is 25.5. The first-order valence-electron chi connectivity index (χ1n) is 14.9. The number of unbranched alkanes of at least 4 members (excludes halogenated alkanes) is 5. The van der Waals surface area contributed by atoms with Crippen molar-refractivity contribution < 1.29 is 28.6 Å². The fourth-order valence-corrected chi connectivity index (χ4v) is 4.17. The van der Waals surface area contributed by atoms with Crippen LogP contribution < -0.4 is 14.2 Å². The fraction of sp³-hybridized carbons (Fsp3) is 0.400. The van der Waals surface area contributed by atoms with Crippen molar-refractivity contribution in [1.29, 1.82) is 0 Å². The molecule has 226 valence electrons. The summed E-state index contributed by atoms with van der Waals surface area (Å²) in [5, 5.41) is 0. The molecule has 7 nitrogen and oxygen atoms in total. The Morgan fingerprint density at radius 3 is 1.95 bits per heavy atom. The molecule has 0 radical (unpaired) electrons. The lowest BCUT2D eigenvalue weighted by atomic mass is 10.1. The van der Waals surface area contributed by atoms with Gasteiger partial charge in [-0.15, -0.1) is 0 Å². The summed E-state index contributed by atoms with van der Waals surface area (Å²) < 4.78 is 16.5. The Balaban J connectivity index is 0.00000301. The maximum atomic E-state index is 13.2. The van der Waals surface area contributed by atoms with E-state index in [1.54, 1.807) is 72.7 Å². The van der Waals surface area contributed by atoms with Gasteiger partial charge in [0.1, 0.15) is 23.5 Å². The van der Waals surface area contributed by atoms with E-state index >= 15 is 0 Å². The van der Waals surface area contributed by atoms with Crippen LogP contribution >= 0.6 is 0 Å². The molecule has 3 rings (SSSR count). The number of rotatable bonds is 17. The second kappa shape index (κ2) is 19.9. The number of ether oxygens (including phenoxy) is 3. The Bertz CT molecular complexity index is 1190. The van der Waals surface area contributed by atoms with Crippen molar-refractivity contribution in [2.24, 2.45) is 0 Å². The molecule has 3 aromatic rings. The summed E-state index contributed by atoms with van der Waals surface area (Å²) in [6, 6.07) is 21.0. The van der Waals surface area contributed by atoms with Crippen molar-refractivity contribution in [2.75, 3.05) is 20.3 Å². The number of nitrogens with zero attached hydrogens (tertiary/aromatic N) is 1. The second-order valence-electron chi connectivity index (χ2n) is 9.58. The standard InChI is InChI=1S/C33H39NO6.C2H6/c1-3-4-5-6-9-24-39-30-20-14-28(15-21-30)33(37)40-31-16-10-26(11-17-31)25-34(22-7-8-23-35)32(36)27-12-18-29(38-2)19-13-27;1-2/h10-21,23H,3-9,22,24-25H2,1-2H3;1-2H3. The predicted octanol–water partition coefficient (Wildman–Crippen LogP) is 7.91. The summed E-state index contributed by atoms with van der Waals surface area (Å²) in [6.07, 6.45) is 7.70. The summed E-state index contributed by atoms with van der Waals surface area (Å²) in [6.45, 7) is 7.67. The number of esters is 1. The zero-order valence-corrected chi connectivity index (χ0v) is 25.5.